The fourth-order valence-corrected chi connectivity index (χ4v) is 3.45. The van der Waals surface area contributed by atoms with E-state index in [1.54, 1.807) is 0 Å². The molecule has 1 saturated carbocycles. The molecule has 0 heterocycles. The van der Waals surface area contributed by atoms with Crippen molar-refractivity contribution in [3.8, 4) is 0 Å². The van der Waals surface area contributed by atoms with Gasteiger partial charge in [0.2, 0.25) is 0 Å². The zero-order valence-corrected chi connectivity index (χ0v) is 9.05. The molecule has 2 heteroatoms. The monoisotopic (exact) mass is 171 g/mol. The molecule has 72 valence electrons. The van der Waals surface area contributed by atoms with Gasteiger partial charge < -0.3 is 10.0 Å². The van der Waals surface area contributed by atoms with Crippen LogP contribution in [0.15, 0.2) is 0 Å². The van der Waals surface area contributed by atoms with Crippen molar-refractivity contribution in [2.45, 2.75) is 39.8 Å². The minimum Gasteiger partial charge on any atom is -0.392 e. The number of aliphatic hydroxyl groups excluding tert-OH is 1. The van der Waals surface area contributed by atoms with Crippen LogP contribution in [-0.4, -0.2) is 36.2 Å². The summed E-state index contributed by atoms with van der Waals surface area (Å²) in [7, 11) is 4.17. The van der Waals surface area contributed by atoms with Gasteiger partial charge in [0.1, 0.15) is 0 Å². The summed E-state index contributed by atoms with van der Waals surface area (Å²) in [5.74, 6) is 0. The molecule has 0 atom stereocenters. The lowest BCUT2D eigenvalue weighted by molar-refractivity contribution is -0.212. The molecular formula is C10H21NO. The van der Waals surface area contributed by atoms with Crippen LogP contribution in [-0.2, 0) is 0 Å². The van der Waals surface area contributed by atoms with Gasteiger partial charge in [-0.3, -0.25) is 0 Å². The van der Waals surface area contributed by atoms with Gasteiger partial charge in [-0.15, -0.1) is 0 Å². The summed E-state index contributed by atoms with van der Waals surface area (Å²) in [4.78, 5) is 2.22. The molecule has 0 aromatic rings. The average Bonchev–Trinajstić information content (AvgIpc) is 1.83. The third-order valence-corrected chi connectivity index (χ3v) is 3.34. The zero-order valence-electron chi connectivity index (χ0n) is 9.05. The van der Waals surface area contributed by atoms with E-state index >= 15 is 0 Å². The molecule has 0 aromatic heterocycles. The lowest BCUT2D eigenvalue weighted by Crippen LogP contribution is -2.71. The highest BCUT2D eigenvalue weighted by molar-refractivity contribution is 5.13. The molecule has 1 aliphatic carbocycles. The molecule has 2 nitrogen and oxygen atoms in total. The van der Waals surface area contributed by atoms with Gasteiger partial charge in [-0.25, -0.2) is 0 Å². The van der Waals surface area contributed by atoms with Gasteiger partial charge in [0.25, 0.3) is 0 Å². The van der Waals surface area contributed by atoms with E-state index in [9.17, 15) is 5.11 Å². The quantitative estimate of drug-likeness (QED) is 0.643. The van der Waals surface area contributed by atoms with Gasteiger partial charge in [0.05, 0.1) is 6.10 Å². The molecule has 0 spiro atoms. The molecule has 0 amide bonds. The lowest BCUT2D eigenvalue weighted by Gasteiger charge is -2.64. The summed E-state index contributed by atoms with van der Waals surface area (Å²) in [5, 5.41) is 9.90. The Morgan fingerprint density at radius 3 is 1.50 bits per heavy atom. The van der Waals surface area contributed by atoms with Crippen LogP contribution in [0, 0.1) is 10.8 Å². The molecule has 1 fully saturated rings. The first kappa shape index (κ1) is 10.0. The fraction of sp³-hybridized carbons (Fsp3) is 1.00. The summed E-state index contributed by atoms with van der Waals surface area (Å²) >= 11 is 0. The summed E-state index contributed by atoms with van der Waals surface area (Å²) in [6, 6.07) is 0.472. The number of aliphatic hydroxyl groups is 1. The Hall–Kier alpha value is -0.0800. The summed E-state index contributed by atoms with van der Waals surface area (Å²) in [5.41, 5.74) is 0.0694. The molecule has 0 saturated heterocycles. The van der Waals surface area contributed by atoms with E-state index in [2.05, 4.69) is 46.7 Å². The highest BCUT2D eigenvalue weighted by Crippen LogP contribution is 2.55. The van der Waals surface area contributed by atoms with E-state index in [0.717, 1.165) is 0 Å². The van der Waals surface area contributed by atoms with E-state index in [0.29, 0.717) is 6.04 Å². The first-order valence-corrected chi connectivity index (χ1v) is 4.57. The van der Waals surface area contributed by atoms with Gasteiger partial charge in [0.15, 0.2) is 0 Å². The largest absolute Gasteiger partial charge is 0.392 e. The fourth-order valence-electron chi connectivity index (χ4n) is 3.45. The van der Waals surface area contributed by atoms with E-state index in [1.165, 1.54) is 0 Å². The molecule has 1 aliphatic rings. The maximum atomic E-state index is 9.90. The third-order valence-electron chi connectivity index (χ3n) is 3.34. The topological polar surface area (TPSA) is 23.5 Å². The van der Waals surface area contributed by atoms with Crippen LogP contribution in [0.25, 0.3) is 0 Å². The van der Waals surface area contributed by atoms with Gasteiger partial charge in [-0.2, -0.15) is 0 Å². The third kappa shape index (κ3) is 1.01. The van der Waals surface area contributed by atoms with E-state index in [4.69, 9.17) is 0 Å². The van der Waals surface area contributed by atoms with Gasteiger partial charge >= 0.3 is 0 Å². The van der Waals surface area contributed by atoms with Crippen molar-refractivity contribution < 1.29 is 5.11 Å². The second-order valence-corrected chi connectivity index (χ2v) is 5.41. The Labute approximate surface area is 75.6 Å². The highest BCUT2D eigenvalue weighted by Gasteiger charge is 2.61. The van der Waals surface area contributed by atoms with E-state index in [1.807, 2.05) is 0 Å². The van der Waals surface area contributed by atoms with Crippen molar-refractivity contribution in [2.24, 2.45) is 10.8 Å². The van der Waals surface area contributed by atoms with Crippen molar-refractivity contribution in [2.75, 3.05) is 14.1 Å². The Kier molecular flexibility index (Phi) is 2.05. The molecule has 1 N–H and O–H groups in total. The van der Waals surface area contributed by atoms with Crippen LogP contribution >= 0.6 is 0 Å². The molecule has 0 bridgehead atoms. The van der Waals surface area contributed by atoms with Crippen molar-refractivity contribution in [1.82, 2.24) is 4.90 Å². The van der Waals surface area contributed by atoms with Crippen LogP contribution in [0.3, 0.4) is 0 Å². The molecule has 0 unspecified atom stereocenters. The average molecular weight is 171 g/mol. The smallest absolute Gasteiger partial charge is 0.0672 e. The minimum atomic E-state index is -0.183. The van der Waals surface area contributed by atoms with Gasteiger partial charge in [-0.1, -0.05) is 27.7 Å². The standard InChI is InChI=1S/C10H21NO/c1-9(2)7(11(5)6)10(3,4)8(9)12/h7-8,12H,1-6H3. The first-order valence-electron chi connectivity index (χ1n) is 4.57. The molecule has 1 rings (SSSR count). The Morgan fingerprint density at radius 1 is 1.00 bits per heavy atom. The number of hydrogen-bond donors (Lipinski definition) is 1. The van der Waals surface area contributed by atoms with Gasteiger partial charge in [0, 0.05) is 16.9 Å². The van der Waals surface area contributed by atoms with Crippen molar-refractivity contribution in [1.29, 1.82) is 0 Å². The van der Waals surface area contributed by atoms with Crippen LogP contribution in [0.5, 0.6) is 0 Å². The predicted octanol–water partition coefficient (Wildman–Crippen LogP) is 1.34. The second-order valence-electron chi connectivity index (χ2n) is 5.41. The van der Waals surface area contributed by atoms with Crippen molar-refractivity contribution in [3.05, 3.63) is 0 Å². The maximum Gasteiger partial charge on any atom is 0.0672 e. The zero-order chi connectivity index (χ0) is 9.73. The van der Waals surface area contributed by atoms with E-state index < -0.39 is 0 Å². The van der Waals surface area contributed by atoms with Gasteiger partial charge in [-0.05, 0) is 14.1 Å². The normalized spacial score (nSPS) is 38.0. The Morgan fingerprint density at radius 2 is 1.33 bits per heavy atom. The highest BCUT2D eigenvalue weighted by atomic mass is 16.3. The SMILES string of the molecule is CN(C)C1C(C)(C)C(O)C1(C)C. The minimum absolute atomic E-state index is 0.0347. The van der Waals surface area contributed by atoms with Crippen LogP contribution < -0.4 is 0 Å². The maximum absolute atomic E-state index is 9.90. The van der Waals surface area contributed by atoms with Crippen LogP contribution in [0.2, 0.25) is 0 Å². The van der Waals surface area contributed by atoms with Crippen LogP contribution in [0.4, 0.5) is 0 Å². The molecule has 0 aliphatic heterocycles. The molecule has 0 aromatic carbocycles. The molecule has 0 radical (unpaired) electrons. The summed E-state index contributed by atoms with van der Waals surface area (Å²) in [6.07, 6.45) is -0.183. The van der Waals surface area contributed by atoms with Crippen molar-refractivity contribution in [3.63, 3.8) is 0 Å². The number of nitrogens with zero attached hydrogens (tertiary/aromatic N) is 1. The van der Waals surface area contributed by atoms with E-state index in [-0.39, 0.29) is 16.9 Å². The summed E-state index contributed by atoms with van der Waals surface area (Å²) in [6.45, 7) is 8.53. The Bertz CT molecular complexity index is 168. The van der Waals surface area contributed by atoms with Crippen LogP contribution in [0.1, 0.15) is 27.7 Å². The number of hydrogen-bond acceptors (Lipinski definition) is 2. The molecular weight excluding hydrogens is 150 g/mol. The van der Waals surface area contributed by atoms with Crippen molar-refractivity contribution >= 4 is 0 Å². The summed E-state index contributed by atoms with van der Waals surface area (Å²) < 4.78 is 0. The molecule has 12 heavy (non-hydrogen) atoms. The first-order chi connectivity index (χ1) is 5.22. The number of rotatable bonds is 1. The Balaban J connectivity index is 2.86. The lowest BCUT2D eigenvalue weighted by atomic mass is 9.49. The predicted molar refractivity (Wildman–Crippen MR) is 51.0 cm³/mol. The second kappa shape index (κ2) is 2.46.